The van der Waals surface area contributed by atoms with Crippen molar-refractivity contribution >= 4 is 11.6 Å². The van der Waals surface area contributed by atoms with E-state index in [9.17, 15) is 4.79 Å². The quantitative estimate of drug-likeness (QED) is 0.702. The van der Waals surface area contributed by atoms with Crippen LogP contribution in [0.2, 0.25) is 0 Å². The molecule has 1 amide bonds. The van der Waals surface area contributed by atoms with E-state index in [-0.39, 0.29) is 12.5 Å². The van der Waals surface area contributed by atoms with Crippen LogP contribution < -0.4 is 11.1 Å². The molecule has 0 aliphatic carbocycles. The van der Waals surface area contributed by atoms with Gasteiger partial charge >= 0.3 is 0 Å². The van der Waals surface area contributed by atoms with E-state index < -0.39 is 6.04 Å². The molecule has 0 aliphatic heterocycles. The molecule has 1 rings (SSSR count). The SMILES string of the molecule is CCCC[C@H](N)C(=O)Nc1cccc(CO)c1. The molecule has 1 aromatic carbocycles. The van der Waals surface area contributed by atoms with Gasteiger partial charge in [-0.15, -0.1) is 0 Å². The van der Waals surface area contributed by atoms with Crippen molar-refractivity contribution in [3.8, 4) is 0 Å². The maximum Gasteiger partial charge on any atom is 0.241 e. The molecule has 1 aromatic rings. The molecule has 0 saturated carbocycles. The third-order valence-electron chi connectivity index (χ3n) is 2.58. The molecule has 0 saturated heterocycles. The zero-order valence-electron chi connectivity index (χ0n) is 10.1. The fraction of sp³-hybridized carbons (Fsp3) is 0.462. The minimum atomic E-state index is -0.465. The first-order valence-corrected chi connectivity index (χ1v) is 5.93. The number of carbonyl (C=O) groups excluding carboxylic acids is 1. The zero-order chi connectivity index (χ0) is 12.7. The Labute approximate surface area is 102 Å². The lowest BCUT2D eigenvalue weighted by Gasteiger charge is -2.12. The molecule has 0 heterocycles. The van der Waals surface area contributed by atoms with Gasteiger partial charge in [0.15, 0.2) is 0 Å². The Morgan fingerprint density at radius 1 is 1.53 bits per heavy atom. The number of anilines is 1. The van der Waals surface area contributed by atoms with E-state index in [0.29, 0.717) is 12.1 Å². The van der Waals surface area contributed by atoms with Gasteiger partial charge in [0.1, 0.15) is 0 Å². The zero-order valence-corrected chi connectivity index (χ0v) is 10.1. The van der Waals surface area contributed by atoms with Crippen molar-refractivity contribution < 1.29 is 9.90 Å². The fourth-order valence-corrected chi connectivity index (χ4v) is 1.54. The summed E-state index contributed by atoms with van der Waals surface area (Å²) in [6, 6.07) is 6.65. The summed E-state index contributed by atoms with van der Waals surface area (Å²) in [6.45, 7) is 2.03. The summed E-state index contributed by atoms with van der Waals surface area (Å²) < 4.78 is 0. The van der Waals surface area contributed by atoms with Crippen LogP contribution in [-0.2, 0) is 11.4 Å². The topological polar surface area (TPSA) is 75.4 Å². The molecule has 4 N–H and O–H groups in total. The van der Waals surface area contributed by atoms with Gasteiger partial charge in [0.25, 0.3) is 0 Å². The molecule has 4 nitrogen and oxygen atoms in total. The van der Waals surface area contributed by atoms with Gasteiger partial charge in [-0.2, -0.15) is 0 Å². The van der Waals surface area contributed by atoms with Crippen LogP contribution in [0.25, 0.3) is 0 Å². The summed E-state index contributed by atoms with van der Waals surface area (Å²) in [5.74, 6) is -0.173. The Hall–Kier alpha value is -1.39. The van der Waals surface area contributed by atoms with Gasteiger partial charge in [-0.3, -0.25) is 4.79 Å². The highest BCUT2D eigenvalue weighted by Crippen LogP contribution is 2.11. The second-order valence-corrected chi connectivity index (χ2v) is 4.10. The van der Waals surface area contributed by atoms with Crippen LogP contribution in [0.4, 0.5) is 5.69 Å². The first-order valence-electron chi connectivity index (χ1n) is 5.93. The van der Waals surface area contributed by atoms with Crippen LogP contribution in [-0.4, -0.2) is 17.1 Å². The number of hydrogen-bond donors (Lipinski definition) is 3. The van der Waals surface area contributed by atoms with E-state index in [2.05, 4.69) is 12.2 Å². The van der Waals surface area contributed by atoms with Gasteiger partial charge in [0.05, 0.1) is 12.6 Å². The predicted octanol–water partition coefficient (Wildman–Crippen LogP) is 1.63. The van der Waals surface area contributed by atoms with Gasteiger partial charge in [-0.1, -0.05) is 31.9 Å². The molecule has 0 aromatic heterocycles. The Kier molecular flexibility index (Phi) is 5.66. The van der Waals surface area contributed by atoms with Crippen LogP contribution in [0.3, 0.4) is 0 Å². The van der Waals surface area contributed by atoms with Crippen LogP contribution in [0.15, 0.2) is 24.3 Å². The molecule has 0 aliphatic rings. The Morgan fingerprint density at radius 3 is 2.94 bits per heavy atom. The highest BCUT2D eigenvalue weighted by atomic mass is 16.3. The van der Waals surface area contributed by atoms with E-state index >= 15 is 0 Å². The van der Waals surface area contributed by atoms with Crippen molar-refractivity contribution in [2.24, 2.45) is 5.73 Å². The molecule has 17 heavy (non-hydrogen) atoms. The number of aliphatic hydroxyl groups is 1. The molecule has 0 bridgehead atoms. The largest absolute Gasteiger partial charge is 0.392 e. The smallest absolute Gasteiger partial charge is 0.241 e. The van der Waals surface area contributed by atoms with Crippen LogP contribution >= 0.6 is 0 Å². The summed E-state index contributed by atoms with van der Waals surface area (Å²) in [5.41, 5.74) is 7.20. The lowest BCUT2D eigenvalue weighted by atomic mass is 10.1. The summed E-state index contributed by atoms with van der Waals surface area (Å²) in [7, 11) is 0. The molecule has 0 unspecified atom stereocenters. The van der Waals surface area contributed by atoms with Crippen molar-refractivity contribution in [1.82, 2.24) is 0 Å². The second-order valence-electron chi connectivity index (χ2n) is 4.10. The minimum Gasteiger partial charge on any atom is -0.392 e. The summed E-state index contributed by atoms with van der Waals surface area (Å²) >= 11 is 0. The van der Waals surface area contributed by atoms with Crippen LogP contribution in [0.1, 0.15) is 31.7 Å². The standard InChI is InChI=1S/C13H20N2O2/c1-2-3-7-12(14)13(17)15-11-6-4-5-10(8-11)9-16/h4-6,8,12,16H,2-3,7,9,14H2,1H3,(H,15,17)/t12-/m0/s1. The van der Waals surface area contributed by atoms with Crippen molar-refractivity contribution in [1.29, 1.82) is 0 Å². The first-order chi connectivity index (χ1) is 8.17. The lowest BCUT2D eigenvalue weighted by Crippen LogP contribution is -2.35. The molecular formula is C13H20N2O2. The summed E-state index contributed by atoms with van der Waals surface area (Å²) in [4.78, 5) is 11.7. The normalized spacial score (nSPS) is 12.2. The van der Waals surface area contributed by atoms with Gasteiger partial charge in [-0.05, 0) is 24.1 Å². The number of aliphatic hydroxyl groups excluding tert-OH is 1. The van der Waals surface area contributed by atoms with Crippen LogP contribution in [0.5, 0.6) is 0 Å². The van der Waals surface area contributed by atoms with Crippen molar-refractivity contribution in [3.05, 3.63) is 29.8 Å². The maximum absolute atomic E-state index is 11.7. The molecule has 0 radical (unpaired) electrons. The number of nitrogens with two attached hydrogens (primary N) is 1. The molecule has 1 atom stereocenters. The van der Waals surface area contributed by atoms with E-state index in [4.69, 9.17) is 10.8 Å². The van der Waals surface area contributed by atoms with Crippen molar-refractivity contribution in [2.75, 3.05) is 5.32 Å². The Balaban J connectivity index is 2.54. The monoisotopic (exact) mass is 236 g/mol. The number of rotatable bonds is 6. The number of amides is 1. The van der Waals surface area contributed by atoms with Crippen molar-refractivity contribution in [2.45, 2.75) is 38.8 Å². The number of carbonyl (C=O) groups is 1. The maximum atomic E-state index is 11.7. The molecule has 0 spiro atoms. The highest BCUT2D eigenvalue weighted by molar-refractivity contribution is 5.94. The molecule has 4 heteroatoms. The average Bonchev–Trinajstić information content (AvgIpc) is 2.36. The number of nitrogens with one attached hydrogen (secondary N) is 1. The van der Waals surface area contributed by atoms with Gasteiger partial charge in [-0.25, -0.2) is 0 Å². The number of hydrogen-bond acceptors (Lipinski definition) is 3. The molecule has 94 valence electrons. The Bertz CT molecular complexity index is 366. The minimum absolute atomic E-state index is 0.0361. The fourth-order valence-electron chi connectivity index (χ4n) is 1.54. The van der Waals surface area contributed by atoms with Gasteiger partial charge < -0.3 is 16.2 Å². The van der Waals surface area contributed by atoms with Gasteiger partial charge in [0, 0.05) is 5.69 Å². The molecular weight excluding hydrogens is 216 g/mol. The predicted molar refractivity (Wildman–Crippen MR) is 68.5 cm³/mol. The highest BCUT2D eigenvalue weighted by Gasteiger charge is 2.12. The van der Waals surface area contributed by atoms with Crippen LogP contribution in [0, 0.1) is 0 Å². The van der Waals surface area contributed by atoms with Gasteiger partial charge in [0.2, 0.25) is 5.91 Å². The lowest BCUT2D eigenvalue weighted by molar-refractivity contribution is -0.117. The first kappa shape index (κ1) is 13.7. The van der Waals surface area contributed by atoms with E-state index in [1.165, 1.54) is 0 Å². The molecule has 0 fully saturated rings. The Morgan fingerprint density at radius 2 is 2.29 bits per heavy atom. The third-order valence-corrected chi connectivity index (χ3v) is 2.58. The second kappa shape index (κ2) is 7.04. The summed E-state index contributed by atoms with van der Waals surface area (Å²) in [6.07, 6.45) is 2.67. The van der Waals surface area contributed by atoms with Crippen molar-refractivity contribution in [3.63, 3.8) is 0 Å². The number of unbranched alkanes of at least 4 members (excludes halogenated alkanes) is 1. The van der Waals surface area contributed by atoms with E-state index in [0.717, 1.165) is 18.4 Å². The van der Waals surface area contributed by atoms with E-state index in [1.54, 1.807) is 24.3 Å². The van der Waals surface area contributed by atoms with E-state index in [1.807, 2.05) is 0 Å². The third kappa shape index (κ3) is 4.54. The number of benzene rings is 1. The summed E-state index contributed by atoms with van der Waals surface area (Å²) in [5, 5.41) is 11.7. The average molecular weight is 236 g/mol.